The van der Waals surface area contributed by atoms with Gasteiger partial charge < -0.3 is 9.84 Å². The molecule has 2 aromatic carbocycles. The molecule has 0 heterocycles. The lowest BCUT2D eigenvalue weighted by Crippen LogP contribution is -2.29. The van der Waals surface area contributed by atoms with Crippen molar-refractivity contribution >= 4 is 5.97 Å². The van der Waals surface area contributed by atoms with Crippen LogP contribution in [0.25, 0.3) is 0 Å². The van der Waals surface area contributed by atoms with Gasteiger partial charge in [0.05, 0.1) is 0 Å². The third kappa shape index (κ3) is 3.85. The van der Waals surface area contributed by atoms with E-state index in [0.29, 0.717) is 5.75 Å². The Kier molecular flexibility index (Phi) is 4.81. The number of rotatable bonds is 5. The number of hydrogen-bond donors (Lipinski definition) is 1. The number of ether oxygens (including phenoxy) is 1. The van der Waals surface area contributed by atoms with Crippen molar-refractivity contribution in [3.05, 3.63) is 64.5 Å². The Bertz CT molecular complexity index is 677. The van der Waals surface area contributed by atoms with Crippen molar-refractivity contribution in [1.29, 1.82) is 0 Å². The van der Waals surface area contributed by atoms with Crippen LogP contribution < -0.4 is 4.74 Å². The molecule has 0 aromatic heterocycles. The van der Waals surface area contributed by atoms with Gasteiger partial charge in [0, 0.05) is 6.42 Å². The van der Waals surface area contributed by atoms with Gasteiger partial charge in [0.2, 0.25) is 0 Å². The summed E-state index contributed by atoms with van der Waals surface area (Å²) in [6.07, 6.45) is -0.826. The lowest BCUT2D eigenvalue weighted by molar-refractivity contribution is -0.145. The van der Waals surface area contributed by atoms with Crippen LogP contribution in [0.1, 0.15) is 22.3 Å². The molecule has 0 spiro atoms. The molecule has 0 aliphatic carbocycles. The minimum absolute atomic E-state index is 0.183. The molecule has 116 valence electrons. The minimum Gasteiger partial charge on any atom is -0.478 e. The lowest BCUT2D eigenvalue weighted by atomic mass is 10.0. The van der Waals surface area contributed by atoms with E-state index in [9.17, 15) is 14.3 Å². The van der Waals surface area contributed by atoms with E-state index in [1.807, 2.05) is 32.9 Å². The number of hydrogen-bond acceptors (Lipinski definition) is 2. The van der Waals surface area contributed by atoms with Gasteiger partial charge >= 0.3 is 5.97 Å². The van der Waals surface area contributed by atoms with E-state index in [4.69, 9.17) is 4.74 Å². The summed E-state index contributed by atoms with van der Waals surface area (Å²) in [4.78, 5) is 11.5. The first kappa shape index (κ1) is 16.0. The van der Waals surface area contributed by atoms with E-state index < -0.39 is 12.1 Å². The van der Waals surface area contributed by atoms with Crippen molar-refractivity contribution < 1.29 is 19.0 Å². The Morgan fingerprint density at radius 2 is 1.82 bits per heavy atom. The molecule has 22 heavy (non-hydrogen) atoms. The Balaban J connectivity index is 2.22. The quantitative estimate of drug-likeness (QED) is 0.913. The van der Waals surface area contributed by atoms with Crippen molar-refractivity contribution in [1.82, 2.24) is 0 Å². The van der Waals surface area contributed by atoms with E-state index >= 15 is 0 Å². The maximum absolute atomic E-state index is 12.9. The largest absolute Gasteiger partial charge is 0.478 e. The normalized spacial score (nSPS) is 12.0. The van der Waals surface area contributed by atoms with Gasteiger partial charge in [-0.25, -0.2) is 9.18 Å². The molecule has 0 amide bonds. The maximum atomic E-state index is 12.9. The van der Waals surface area contributed by atoms with Gasteiger partial charge in [0.15, 0.2) is 6.10 Å². The molecule has 0 aliphatic heterocycles. The predicted octanol–water partition coefficient (Wildman–Crippen LogP) is 3.83. The average molecular weight is 302 g/mol. The highest BCUT2D eigenvalue weighted by Crippen LogP contribution is 2.25. The standard InChI is InChI=1S/C18H19FO3/c1-11-8-12(2)13(3)16(9-11)22-17(18(20)21)10-14-4-6-15(19)7-5-14/h4-9,17H,10H2,1-3H3,(H,20,21). The Morgan fingerprint density at radius 1 is 1.18 bits per heavy atom. The van der Waals surface area contributed by atoms with Gasteiger partial charge in [-0.1, -0.05) is 18.2 Å². The Morgan fingerprint density at radius 3 is 2.41 bits per heavy atom. The second-order valence-electron chi connectivity index (χ2n) is 5.48. The van der Waals surface area contributed by atoms with Gasteiger partial charge in [-0.15, -0.1) is 0 Å². The van der Waals surface area contributed by atoms with Crippen LogP contribution in [0.2, 0.25) is 0 Å². The first-order chi connectivity index (χ1) is 10.4. The topological polar surface area (TPSA) is 46.5 Å². The monoisotopic (exact) mass is 302 g/mol. The number of aliphatic carboxylic acids is 1. The number of carboxylic acid groups (broad SMARTS) is 1. The third-order valence-corrected chi connectivity index (χ3v) is 3.64. The SMILES string of the molecule is Cc1cc(C)c(C)c(OC(Cc2ccc(F)cc2)C(=O)O)c1. The fourth-order valence-corrected chi connectivity index (χ4v) is 2.29. The van der Waals surface area contributed by atoms with Gasteiger partial charge in [-0.05, 0) is 61.2 Å². The summed E-state index contributed by atoms with van der Waals surface area (Å²) in [5.41, 5.74) is 3.72. The molecule has 1 unspecified atom stereocenters. The second kappa shape index (κ2) is 6.60. The molecule has 0 saturated carbocycles. The van der Waals surface area contributed by atoms with Gasteiger partial charge in [0.1, 0.15) is 11.6 Å². The zero-order chi connectivity index (χ0) is 16.3. The van der Waals surface area contributed by atoms with Crippen molar-refractivity contribution in [3.63, 3.8) is 0 Å². The summed E-state index contributed by atoms with van der Waals surface area (Å²) < 4.78 is 18.6. The van der Waals surface area contributed by atoms with Crippen molar-refractivity contribution in [3.8, 4) is 5.75 Å². The highest BCUT2D eigenvalue weighted by molar-refractivity contribution is 5.73. The van der Waals surface area contributed by atoms with E-state index in [1.54, 1.807) is 12.1 Å². The zero-order valence-corrected chi connectivity index (χ0v) is 12.9. The molecular formula is C18H19FO3. The molecule has 0 fully saturated rings. The van der Waals surface area contributed by atoms with Crippen LogP contribution in [0.5, 0.6) is 5.75 Å². The summed E-state index contributed by atoms with van der Waals surface area (Å²) in [7, 11) is 0. The second-order valence-corrected chi connectivity index (χ2v) is 5.48. The molecule has 0 bridgehead atoms. The molecule has 3 nitrogen and oxygen atoms in total. The first-order valence-electron chi connectivity index (χ1n) is 7.08. The highest BCUT2D eigenvalue weighted by Gasteiger charge is 2.21. The van der Waals surface area contributed by atoms with Crippen molar-refractivity contribution in [2.24, 2.45) is 0 Å². The van der Waals surface area contributed by atoms with Crippen LogP contribution in [0.15, 0.2) is 36.4 Å². The molecule has 0 aliphatic rings. The summed E-state index contributed by atoms with van der Waals surface area (Å²) in [6.45, 7) is 5.81. The molecule has 2 rings (SSSR count). The van der Waals surface area contributed by atoms with Crippen LogP contribution in [0, 0.1) is 26.6 Å². The fourth-order valence-electron chi connectivity index (χ4n) is 2.29. The van der Waals surface area contributed by atoms with Crippen LogP contribution in [-0.2, 0) is 11.2 Å². The summed E-state index contributed by atoms with van der Waals surface area (Å²) in [6, 6.07) is 9.64. The van der Waals surface area contributed by atoms with E-state index in [0.717, 1.165) is 22.3 Å². The van der Waals surface area contributed by atoms with Crippen molar-refractivity contribution in [2.45, 2.75) is 33.3 Å². The van der Waals surface area contributed by atoms with Gasteiger partial charge in [-0.2, -0.15) is 0 Å². The number of carboxylic acids is 1. The average Bonchev–Trinajstić information content (AvgIpc) is 2.45. The van der Waals surface area contributed by atoms with Crippen molar-refractivity contribution in [2.75, 3.05) is 0 Å². The smallest absolute Gasteiger partial charge is 0.345 e. The van der Waals surface area contributed by atoms with Crippen LogP contribution in [-0.4, -0.2) is 17.2 Å². The van der Waals surface area contributed by atoms with Crippen LogP contribution in [0.4, 0.5) is 4.39 Å². The minimum atomic E-state index is -1.04. The highest BCUT2D eigenvalue weighted by atomic mass is 19.1. The lowest BCUT2D eigenvalue weighted by Gasteiger charge is -2.18. The molecular weight excluding hydrogens is 283 g/mol. The molecule has 0 saturated heterocycles. The first-order valence-corrected chi connectivity index (χ1v) is 7.08. The molecule has 0 radical (unpaired) electrons. The summed E-state index contributed by atoms with van der Waals surface area (Å²) >= 11 is 0. The molecule has 1 atom stereocenters. The van der Waals surface area contributed by atoms with Gasteiger partial charge in [-0.3, -0.25) is 0 Å². The van der Waals surface area contributed by atoms with Gasteiger partial charge in [0.25, 0.3) is 0 Å². The Labute approximate surface area is 129 Å². The van der Waals surface area contributed by atoms with E-state index in [-0.39, 0.29) is 12.2 Å². The van der Waals surface area contributed by atoms with Crippen LogP contribution in [0.3, 0.4) is 0 Å². The van der Waals surface area contributed by atoms with E-state index in [2.05, 4.69) is 0 Å². The number of benzene rings is 2. The number of aryl methyl sites for hydroxylation is 2. The molecule has 2 aromatic rings. The fraction of sp³-hybridized carbons (Fsp3) is 0.278. The zero-order valence-electron chi connectivity index (χ0n) is 12.9. The van der Waals surface area contributed by atoms with E-state index in [1.165, 1.54) is 12.1 Å². The summed E-state index contributed by atoms with van der Waals surface area (Å²) in [5, 5.41) is 9.38. The molecule has 4 heteroatoms. The van der Waals surface area contributed by atoms with Crippen LogP contribution >= 0.6 is 0 Å². The molecule has 1 N–H and O–H groups in total. The third-order valence-electron chi connectivity index (χ3n) is 3.64. The number of halogens is 1. The Hall–Kier alpha value is -2.36. The summed E-state index contributed by atoms with van der Waals surface area (Å²) in [5.74, 6) is -0.809. The number of carbonyl (C=O) groups is 1. The predicted molar refractivity (Wildman–Crippen MR) is 82.8 cm³/mol. The maximum Gasteiger partial charge on any atom is 0.345 e.